The lowest BCUT2D eigenvalue weighted by atomic mass is 10.0. The Morgan fingerprint density at radius 3 is 1.43 bits per heavy atom. The van der Waals surface area contributed by atoms with E-state index in [1.54, 1.807) is 0 Å². The van der Waals surface area contributed by atoms with Crippen molar-refractivity contribution in [1.82, 2.24) is 19.1 Å². The summed E-state index contributed by atoms with van der Waals surface area (Å²) in [5, 5.41) is 5.85. The Balaban J connectivity index is 1.07. The molecule has 3 heterocycles. The molecule has 4 heteroatoms. The van der Waals surface area contributed by atoms with Gasteiger partial charge in [-0.1, -0.05) is 140 Å². The number of hydrogen-bond donors (Lipinski definition) is 0. The van der Waals surface area contributed by atoms with Crippen LogP contribution in [0.5, 0.6) is 0 Å². The van der Waals surface area contributed by atoms with E-state index in [0.29, 0.717) is 5.95 Å². The van der Waals surface area contributed by atoms with Gasteiger partial charge in [0.1, 0.15) is 0 Å². The molecule has 0 amide bonds. The third-order valence-corrected chi connectivity index (χ3v) is 10.7. The molecule has 3 aromatic heterocycles. The topological polar surface area (TPSA) is 35.6 Å². The Morgan fingerprint density at radius 1 is 0.296 bits per heavy atom. The van der Waals surface area contributed by atoms with E-state index in [1.165, 1.54) is 54.8 Å². The van der Waals surface area contributed by atoms with Crippen LogP contribution < -0.4 is 0 Å². The highest BCUT2D eigenvalue weighted by Gasteiger charge is 2.19. The molecule has 0 bridgehead atoms. The Kier molecular flexibility index (Phi) is 6.82. The Morgan fingerprint density at radius 2 is 0.759 bits per heavy atom. The molecule has 0 spiro atoms. The number of rotatable bonds is 5. The van der Waals surface area contributed by atoms with Crippen LogP contribution >= 0.6 is 0 Å². The maximum Gasteiger partial charge on any atom is 0.235 e. The van der Waals surface area contributed by atoms with Crippen LogP contribution in [0.3, 0.4) is 0 Å². The zero-order valence-electron chi connectivity index (χ0n) is 29.3. The van der Waals surface area contributed by atoms with Crippen molar-refractivity contribution in [3.63, 3.8) is 0 Å². The molecule has 54 heavy (non-hydrogen) atoms. The van der Waals surface area contributed by atoms with E-state index in [1.807, 2.05) is 12.1 Å². The van der Waals surface area contributed by atoms with Crippen molar-refractivity contribution in [1.29, 1.82) is 0 Å². The second-order valence-corrected chi connectivity index (χ2v) is 13.8. The van der Waals surface area contributed by atoms with E-state index < -0.39 is 0 Å². The molecule has 0 aliphatic carbocycles. The smallest absolute Gasteiger partial charge is 0.235 e. The average Bonchev–Trinajstić information content (AvgIpc) is 3.76. The minimum atomic E-state index is 0.657. The first-order chi connectivity index (χ1) is 26.8. The summed E-state index contributed by atoms with van der Waals surface area (Å²) in [4.78, 5) is 10.5. The van der Waals surface area contributed by atoms with Crippen molar-refractivity contribution in [3.8, 4) is 45.1 Å². The van der Waals surface area contributed by atoms with Gasteiger partial charge in [0.2, 0.25) is 5.95 Å². The van der Waals surface area contributed by atoms with Gasteiger partial charge >= 0.3 is 0 Å². The van der Waals surface area contributed by atoms with Crippen molar-refractivity contribution >= 4 is 54.5 Å². The molecule has 0 atom stereocenters. The minimum absolute atomic E-state index is 0.657. The summed E-state index contributed by atoms with van der Waals surface area (Å²) in [6.45, 7) is 0. The molecule has 8 aromatic carbocycles. The van der Waals surface area contributed by atoms with Crippen molar-refractivity contribution in [3.05, 3.63) is 194 Å². The predicted octanol–water partition coefficient (Wildman–Crippen LogP) is 12.8. The fraction of sp³-hybridized carbons (Fsp3) is 0. The van der Waals surface area contributed by atoms with E-state index in [4.69, 9.17) is 9.97 Å². The second kappa shape index (κ2) is 12.1. The zero-order valence-corrected chi connectivity index (χ0v) is 29.3. The van der Waals surface area contributed by atoms with E-state index in [2.05, 4.69) is 191 Å². The molecular formula is C50H32N4. The summed E-state index contributed by atoms with van der Waals surface area (Å²) in [5.41, 5.74) is 13.3. The van der Waals surface area contributed by atoms with Crippen molar-refractivity contribution in [2.24, 2.45) is 0 Å². The number of benzene rings is 8. The number of fused-ring (bicyclic) bond motifs is 7. The lowest BCUT2D eigenvalue weighted by Crippen LogP contribution is -2.03. The van der Waals surface area contributed by atoms with Gasteiger partial charge in [-0.2, -0.15) is 0 Å². The number of para-hydroxylation sites is 4. The standard InChI is InChI=1S/C50H32N4/c1-3-13-33(14-4-1)34-23-25-35(26-24-34)49-41-19-7-10-20-44(41)51-50(52-49)54-46-22-12-9-18-40(46)43-32-37(28-30-48(43)54)36-27-29-47-42(31-36)39-17-8-11-21-45(39)53(47)38-15-5-2-6-16-38/h1-32H. The van der Waals surface area contributed by atoms with E-state index in [9.17, 15) is 0 Å². The van der Waals surface area contributed by atoms with E-state index in [0.717, 1.165) is 38.9 Å². The molecule has 0 N–H and O–H groups in total. The summed E-state index contributed by atoms with van der Waals surface area (Å²) in [6, 6.07) is 69.1. The van der Waals surface area contributed by atoms with E-state index in [-0.39, 0.29) is 0 Å². The van der Waals surface area contributed by atoms with Crippen LogP contribution in [0.1, 0.15) is 0 Å². The van der Waals surface area contributed by atoms with Crippen LogP contribution in [0.4, 0.5) is 0 Å². The molecule has 0 saturated heterocycles. The highest BCUT2D eigenvalue weighted by Crippen LogP contribution is 2.39. The number of aromatic nitrogens is 4. The predicted molar refractivity (Wildman–Crippen MR) is 225 cm³/mol. The number of hydrogen-bond acceptors (Lipinski definition) is 2. The molecule has 11 rings (SSSR count). The quantitative estimate of drug-likeness (QED) is 0.180. The second-order valence-electron chi connectivity index (χ2n) is 13.8. The molecule has 0 unspecified atom stereocenters. The monoisotopic (exact) mass is 688 g/mol. The maximum atomic E-state index is 5.34. The molecular weight excluding hydrogens is 657 g/mol. The summed E-state index contributed by atoms with van der Waals surface area (Å²) in [7, 11) is 0. The molecule has 0 saturated carbocycles. The van der Waals surface area contributed by atoms with Gasteiger partial charge in [-0.25, -0.2) is 9.97 Å². The Hall–Kier alpha value is -7.30. The van der Waals surface area contributed by atoms with Crippen molar-refractivity contribution < 1.29 is 0 Å². The molecule has 252 valence electrons. The van der Waals surface area contributed by atoms with Crippen molar-refractivity contribution in [2.45, 2.75) is 0 Å². The van der Waals surface area contributed by atoms with Gasteiger partial charge in [-0.3, -0.25) is 4.57 Å². The minimum Gasteiger partial charge on any atom is -0.309 e. The van der Waals surface area contributed by atoms with Gasteiger partial charge in [0, 0.05) is 38.2 Å². The van der Waals surface area contributed by atoms with Crippen molar-refractivity contribution in [2.75, 3.05) is 0 Å². The molecule has 4 nitrogen and oxygen atoms in total. The SMILES string of the molecule is c1ccc(-c2ccc(-c3nc(-n4c5ccccc5c5cc(-c6ccc7c(c6)c6ccccc6n7-c6ccccc6)ccc54)nc4ccccc34)cc2)cc1. The average molecular weight is 689 g/mol. The first kappa shape index (κ1) is 30.3. The van der Waals surface area contributed by atoms with Crippen LogP contribution in [0.2, 0.25) is 0 Å². The van der Waals surface area contributed by atoms with Gasteiger partial charge in [0.25, 0.3) is 0 Å². The molecule has 0 aliphatic heterocycles. The summed E-state index contributed by atoms with van der Waals surface area (Å²) in [5.74, 6) is 0.657. The van der Waals surface area contributed by atoms with Crippen LogP contribution in [0.25, 0.3) is 99.7 Å². The largest absolute Gasteiger partial charge is 0.309 e. The van der Waals surface area contributed by atoms with E-state index >= 15 is 0 Å². The van der Waals surface area contributed by atoms with Crippen LogP contribution in [0, 0.1) is 0 Å². The van der Waals surface area contributed by atoms with Gasteiger partial charge in [0.15, 0.2) is 0 Å². The van der Waals surface area contributed by atoms with Gasteiger partial charge in [0.05, 0.1) is 33.3 Å². The van der Waals surface area contributed by atoms with Gasteiger partial charge < -0.3 is 4.57 Å². The van der Waals surface area contributed by atoms with Crippen LogP contribution in [0.15, 0.2) is 194 Å². The molecule has 11 aromatic rings. The lowest BCUT2D eigenvalue weighted by molar-refractivity contribution is 1.01. The molecule has 0 fully saturated rings. The Bertz CT molecular complexity index is 3190. The first-order valence-electron chi connectivity index (χ1n) is 18.3. The number of nitrogens with zero attached hydrogens (tertiary/aromatic N) is 4. The summed E-state index contributed by atoms with van der Waals surface area (Å²) >= 11 is 0. The fourth-order valence-electron chi connectivity index (χ4n) is 8.21. The third kappa shape index (κ3) is 4.78. The zero-order chi connectivity index (χ0) is 35.6. The van der Waals surface area contributed by atoms with Gasteiger partial charge in [-0.05, 0) is 76.9 Å². The summed E-state index contributed by atoms with van der Waals surface area (Å²) in [6.07, 6.45) is 0. The highest BCUT2D eigenvalue weighted by molar-refractivity contribution is 6.12. The van der Waals surface area contributed by atoms with Gasteiger partial charge in [-0.15, -0.1) is 0 Å². The first-order valence-corrected chi connectivity index (χ1v) is 18.3. The Labute approximate surface area is 311 Å². The molecule has 0 radical (unpaired) electrons. The fourth-order valence-corrected chi connectivity index (χ4v) is 8.21. The third-order valence-electron chi connectivity index (χ3n) is 10.7. The molecule has 0 aliphatic rings. The highest BCUT2D eigenvalue weighted by atomic mass is 15.2. The normalized spacial score (nSPS) is 11.7. The maximum absolute atomic E-state index is 5.34. The lowest BCUT2D eigenvalue weighted by Gasteiger charge is -2.12. The summed E-state index contributed by atoms with van der Waals surface area (Å²) < 4.78 is 4.58. The van der Waals surface area contributed by atoms with Crippen LogP contribution in [-0.4, -0.2) is 19.1 Å². The van der Waals surface area contributed by atoms with Crippen LogP contribution in [-0.2, 0) is 0 Å².